The summed E-state index contributed by atoms with van der Waals surface area (Å²) in [6.07, 6.45) is 0. The largest absolute Gasteiger partial charge is 0.380 e. The van der Waals surface area contributed by atoms with Gasteiger partial charge in [-0.2, -0.15) is 0 Å². The Morgan fingerprint density at radius 1 is 0.818 bits per heavy atom. The molecule has 0 fully saturated rings. The molecule has 5 nitrogen and oxygen atoms in total. The predicted molar refractivity (Wildman–Crippen MR) is 88.6 cm³/mol. The van der Waals surface area contributed by atoms with Crippen LogP contribution in [0.4, 0.5) is 5.82 Å². The molecule has 4 aromatic rings. The molecule has 0 amide bonds. The van der Waals surface area contributed by atoms with Gasteiger partial charge in [0.1, 0.15) is 11.0 Å². The van der Waals surface area contributed by atoms with Gasteiger partial charge in [0.2, 0.25) is 0 Å². The van der Waals surface area contributed by atoms with E-state index in [4.69, 9.17) is 28.9 Å². The topological polar surface area (TPSA) is 69.6 Å². The van der Waals surface area contributed by atoms with E-state index in [1.54, 1.807) is 16.8 Å². The Kier molecular flexibility index (Phi) is 2.92. The van der Waals surface area contributed by atoms with E-state index in [0.29, 0.717) is 38.1 Å². The van der Waals surface area contributed by atoms with Crippen LogP contribution in [0.25, 0.3) is 27.9 Å². The average molecular weight is 330 g/mol. The van der Waals surface area contributed by atoms with E-state index in [1.807, 2.05) is 30.3 Å². The van der Waals surface area contributed by atoms with Crippen molar-refractivity contribution in [1.29, 1.82) is 0 Å². The molecule has 0 aliphatic carbocycles. The number of nitrogen functional groups attached to an aromatic ring is 1. The maximum atomic E-state index is 6.21. The Balaban J connectivity index is 2.14. The van der Waals surface area contributed by atoms with E-state index >= 15 is 0 Å². The van der Waals surface area contributed by atoms with E-state index in [2.05, 4.69) is 15.1 Å². The average Bonchev–Trinajstić information content (AvgIpc) is 2.87. The Labute approximate surface area is 135 Å². The van der Waals surface area contributed by atoms with Gasteiger partial charge in [0.15, 0.2) is 17.0 Å². The summed E-state index contributed by atoms with van der Waals surface area (Å²) in [6.45, 7) is 0. The zero-order valence-corrected chi connectivity index (χ0v) is 12.7. The third kappa shape index (κ3) is 1.90. The Morgan fingerprint density at radius 3 is 2.14 bits per heavy atom. The lowest BCUT2D eigenvalue weighted by Gasteiger charge is -2.04. The minimum absolute atomic E-state index is 0.296. The normalized spacial score (nSPS) is 11.4. The van der Waals surface area contributed by atoms with Crippen molar-refractivity contribution < 1.29 is 0 Å². The van der Waals surface area contributed by atoms with Gasteiger partial charge in [-0.3, -0.25) is 0 Å². The van der Waals surface area contributed by atoms with Gasteiger partial charge in [-0.1, -0.05) is 41.4 Å². The maximum absolute atomic E-state index is 6.21. The van der Waals surface area contributed by atoms with E-state index in [-0.39, 0.29) is 0 Å². The monoisotopic (exact) mass is 329 g/mol. The van der Waals surface area contributed by atoms with Gasteiger partial charge >= 0.3 is 0 Å². The molecule has 4 rings (SSSR count). The van der Waals surface area contributed by atoms with Gasteiger partial charge in [0.25, 0.3) is 0 Å². The second kappa shape index (κ2) is 4.83. The summed E-state index contributed by atoms with van der Waals surface area (Å²) >= 11 is 12.4. The number of rotatable bonds is 1. The molecule has 2 heterocycles. The van der Waals surface area contributed by atoms with E-state index in [9.17, 15) is 0 Å². The van der Waals surface area contributed by atoms with Crippen molar-refractivity contribution >= 4 is 51.2 Å². The second-order valence-electron chi connectivity index (χ2n) is 4.75. The van der Waals surface area contributed by atoms with Crippen molar-refractivity contribution in [3.63, 3.8) is 0 Å². The molecule has 2 aromatic carbocycles. The van der Waals surface area contributed by atoms with E-state index in [1.165, 1.54) is 0 Å². The number of benzene rings is 2. The summed E-state index contributed by atoms with van der Waals surface area (Å²) in [5.74, 6) is 0.296. The molecular formula is C15H9Cl2N5. The minimum Gasteiger partial charge on any atom is -0.380 e. The lowest BCUT2D eigenvalue weighted by molar-refractivity contribution is 0.905. The van der Waals surface area contributed by atoms with Crippen LogP contribution in [0, 0.1) is 0 Å². The van der Waals surface area contributed by atoms with Crippen molar-refractivity contribution in [2.24, 2.45) is 0 Å². The lowest BCUT2D eigenvalue weighted by Crippen LogP contribution is -1.98. The van der Waals surface area contributed by atoms with Crippen LogP contribution in [0.5, 0.6) is 0 Å². The summed E-state index contributed by atoms with van der Waals surface area (Å²) in [5.41, 5.74) is 8.91. The third-order valence-corrected chi connectivity index (χ3v) is 3.97. The summed E-state index contributed by atoms with van der Waals surface area (Å²) in [4.78, 5) is 9.07. The van der Waals surface area contributed by atoms with Crippen molar-refractivity contribution in [2.75, 3.05) is 5.73 Å². The summed E-state index contributed by atoms with van der Waals surface area (Å²) in [6, 6.07) is 13.0. The number of fused-ring (bicyclic) bond motifs is 2. The van der Waals surface area contributed by atoms with Crippen molar-refractivity contribution in [1.82, 2.24) is 19.7 Å². The maximum Gasteiger partial charge on any atom is 0.184 e. The molecule has 0 radical (unpaired) electrons. The zero-order chi connectivity index (χ0) is 15.3. The molecule has 108 valence electrons. The van der Waals surface area contributed by atoms with Gasteiger partial charge in [0.05, 0.1) is 15.7 Å². The van der Waals surface area contributed by atoms with Gasteiger partial charge in [-0.05, 0) is 24.3 Å². The van der Waals surface area contributed by atoms with Gasteiger partial charge in [0, 0.05) is 0 Å². The molecule has 0 aliphatic rings. The van der Waals surface area contributed by atoms with Crippen molar-refractivity contribution in [2.45, 2.75) is 0 Å². The fourth-order valence-electron chi connectivity index (χ4n) is 2.33. The first-order valence-corrected chi connectivity index (χ1v) is 7.26. The number of aromatic nitrogens is 4. The second-order valence-corrected chi connectivity index (χ2v) is 5.57. The number of para-hydroxylation sites is 1. The fraction of sp³-hybridized carbons (Fsp3) is 0. The first-order valence-electron chi connectivity index (χ1n) is 6.50. The molecule has 22 heavy (non-hydrogen) atoms. The number of hydrogen-bond acceptors (Lipinski definition) is 4. The summed E-state index contributed by atoms with van der Waals surface area (Å²) in [7, 11) is 0. The summed E-state index contributed by atoms with van der Waals surface area (Å²) < 4.78 is 1.65. The first-order chi connectivity index (χ1) is 10.6. The van der Waals surface area contributed by atoms with Crippen LogP contribution in [-0.4, -0.2) is 19.7 Å². The molecule has 2 N–H and O–H groups in total. The SMILES string of the molecule is Nc1nn(-c2ccccc2)c2nc3c(Cl)ccc(Cl)c3nc12. The highest BCUT2D eigenvalue weighted by molar-refractivity contribution is 6.39. The minimum atomic E-state index is 0.296. The van der Waals surface area contributed by atoms with Crippen molar-refractivity contribution in [3.05, 3.63) is 52.5 Å². The zero-order valence-electron chi connectivity index (χ0n) is 11.2. The van der Waals surface area contributed by atoms with Gasteiger partial charge in [-0.25, -0.2) is 14.6 Å². The molecule has 0 saturated heterocycles. The molecule has 0 spiro atoms. The van der Waals surface area contributed by atoms with Crippen LogP contribution in [-0.2, 0) is 0 Å². The van der Waals surface area contributed by atoms with E-state index < -0.39 is 0 Å². The fourth-order valence-corrected chi connectivity index (χ4v) is 2.72. The standard InChI is InChI=1S/C15H9Cl2N5/c16-9-6-7-10(17)12-11(9)19-13-14(18)21-22(15(13)20-12)8-4-2-1-3-5-8/h1-7H,(H2,18,21). The van der Waals surface area contributed by atoms with Crippen LogP contribution < -0.4 is 5.73 Å². The molecule has 7 heteroatoms. The van der Waals surface area contributed by atoms with Crippen LogP contribution in [0.2, 0.25) is 10.0 Å². The predicted octanol–water partition coefficient (Wildman–Crippen LogP) is 3.86. The summed E-state index contributed by atoms with van der Waals surface area (Å²) in [5, 5.41) is 5.28. The Morgan fingerprint density at radius 2 is 1.45 bits per heavy atom. The highest BCUT2D eigenvalue weighted by atomic mass is 35.5. The van der Waals surface area contributed by atoms with Crippen LogP contribution >= 0.6 is 23.2 Å². The molecule has 0 atom stereocenters. The molecule has 0 aliphatic heterocycles. The number of hydrogen-bond donors (Lipinski definition) is 1. The lowest BCUT2D eigenvalue weighted by atomic mass is 10.3. The molecule has 0 bridgehead atoms. The highest BCUT2D eigenvalue weighted by Gasteiger charge is 2.16. The third-order valence-electron chi connectivity index (χ3n) is 3.36. The highest BCUT2D eigenvalue weighted by Crippen LogP contribution is 2.30. The molecule has 2 aromatic heterocycles. The van der Waals surface area contributed by atoms with Gasteiger partial charge in [-0.15, -0.1) is 5.10 Å². The van der Waals surface area contributed by atoms with Crippen LogP contribution in [0.1, 0.15) is 0 Å². The van der Waals surface area contributed by atoms with Crippen molar-refractivity contribution in [3.8, 4) is 5.69 Å². The van der Waals surface area contributed by atoms with Gasteiger partial charge < -0.3 is 5.73 Å². The Hall–Kier alpha value is -2.37. The number of nitrogens with two attached hydrogens (primary N) is 1. The number of nitrogens with zero attached hydrogens (tertiary/aromatic N) is 4. The smallest absolute Gasteiger partial charge is 0.184 e. The quantitative estimate of drug-likeness (QED) is 0.575. The molecule has 0 saturated carbocycles. The molecule has 0 unspecified atom stereocenters. The molecular weight excluding hydrogens is 321 g/mol. The van der Waals surface area contributed by atoms with E-state index in [0.717, 1.165) is 5.69 Å². The van der Waals surface area contributed by atoms with Crippen LogP contribution in [0.3, 0.4) is 0 Å². The first kappa shape index (κ1) is 13.3. The number of halogens is 2. The van der Waals surface area contributed by atoms with Crippen LogP contribution in [0.15, 0.2) is 42.5 Å². The number of anilines is 1. The Bertz CT molecular complexity index is 1010.